The number of carbonyl (C=O) groups is 1. The molecule has 0 radical (unpaired) electrons. The van der Waals surface area contributed by atoms with Crippen molar-refractivity contribution in [3.63, 3.8) is 0 Å². The number of anilines is 1. The molecule has 1 aromatic carbocycles. The maximum atomic E-state index is 12.5. The van der Waals surface area contributed by atoms with E-state index >= 15 is 0 Å². The molecule has 0 unspecified atom stereocenters. The number of amides is 1. The molecular formula is C15H18N6O4S. The van der Waals surface area contributed by atoms with Crippen molar-refractivity contribution in [2.75, 3.05) is 42.9 Å². The summed E-state index contributed by atoms with van der Waals surface area (Å²) < 4.78 is 6.74. The zero-order valence-corrected chi connectivity index (χ0v) is 15.2. The molecule has 0 bridgehead atoms. The van der Waals surface area contributed by atoms with Gasteiger partial charge in [-0.3, -0.25) is 20.3 Å². The summed E-state index contributed by atoms with van der Waals surface area (Å²) in [6, 6.07) is 4.47. The van der Waals surface area contributed by atoms with Crippen molar-refractivity contribution in [2.45, 2.75) is 12.1 Å². The van der Waals surface area contributed by atoms with Gasteiger partial charge < -0.3 is 9.64 Å². The number of carbonyl (C=O) groups excluding carboxylic acids is 1. The van der Waals surface area contributed by atoms with Gasteiger partial charge in [-0.05, 0) is 25.3 Å². The number of nitrogens with zero attached hydrogens (tertiary/aromatic N) is 5. The van der Waals surface area contributed by atoms with E-state index in [0.29, 0.717) is 43.0 Å². The Hall–Kier alpha value is -2.66. The van der Waals surface area contributed by atoms with Crippen LogP contribution < -0.4 is 10.3 Å². The topological polar surface area (TPSA) is 115 Å². The second-order valence-electron chi connectivity index (χ2n) is 5.57. The van der Waals surface area contributed by atoms with Gasteiger partial charge in [-0.1, -0.05) is 11.8 Å². The summed E-state index contributed by atoms with van der Waals surface area (Å²) in [7, 11) is 0. The summed E-state index contributed by atoms with van der Waals surface area (Å²) in [5, 5.41) is 19.9. The molecule has 10 nitrogen and oxygen atoms in total. The predicted molar refractivity (Wildman–Crippen MR) is 96.4 cm³/mol. The highest BCUT2D eigenvalue weighted by atomic mass is 32.2. The van der Waals surface area contributed by atoms with E-state index < -0.39 is 10.8 Å². The summed E-state index contributed by atoms with van der Waals surface area (Å²) in [5.74, 6) is 0.0435. The number of thioether (sulfide) groups is 1. The largest absolute Gasteiger partial charge is 0.378 e. The van der Waals surface area contributed by atoms with E-state index in [2.05, 4.69) is 15.6 Å². The molecule has 1 N–H and O–H groups in total. The Kier molecular flexibility index (Phi) is 5.38. The van der Waals surface area contributed by atoms with E-state index in [1.54, 1.807) is 19.1 Å². The molecule has 26 heavy (non-hydrogen) atoms. The van der Waals surface area contributed by atoms with Crippen molar-refractivity contribution < 1.29 is 14.5 Å². The van der Waals surface area contributed by atoms with Crippen LogP contribution in [0.15, 0.2) is 23.4 Å². The van der Waals surface area contributed by atoms with Crippen LogP contribution in [0.25, 0.3) is 0 Å². The molecule has 11 heteroatoms. The SMILES string of the molecule is CSc1nnc(C)n1NC(=O)c1ccc(N2CCOCC2)c([N+](=O)[O-])c1. The zero-order valence-electron chi connectivity index (χ0n) is 14.3. The molecule has 3 rings (SSSR count). The maximum absolute atomic E-state index is 12.5. The minimum absolute atomic E-state index is 0.106. The number of morpholine rings is 1. The number of hydrogen-bond donors (Lipinski definition) is 1. The molecule has 2 heterocycles. The van der Waals surface area contributed by atoms with Gasteiger partial charge in [0.1, 0.15) is 11.5 Å². The van der Waals surface area contributed by atoms with Crippen LogP contribution >= 0.6 is 11.8 Å². The Labute approximate surface area is 153 Å². The molecule has 1 aliphatic heterocycles. The van der Waals surface area contributed by atoms with Crippen LogP contribution in [0, 0.1) is 17.0 Å². The zero-order chi connectivity index (χ0) is 18.7. The van der Waals surface area contributed by atoms with Crippen molar-refractivity contribution in [3.8, 4) is 0 Å². The number of hydrogen-bond acceptors (Lipinski definition) is 8. The second-order valence-corrected chi connectivity index (χ2v) is 6.34. The van der Waals surface area contributed by atoms with Crippen LogP contribution in [0.4, 0.5) is 11.4 Å². The van der Waals surface area contributed by atoms with Crippen molar-refractivity contribution >= 4 is 29.0 Å². The average molecular weight is 378 g/mol. The molecule has 1 saturated heterocycles. The highest BCUT2D eigenvalue weighted by Gasteiger charge is 2.24. The van der Waals surface area contributed by atoms with Gasteiger partial charge >= 0.3 is 0 Å². The van der Waals surface area contributed by atoms with Crippen molar-refractivity contribution in [1.29, 1.82) is 0 Å². The van der Waals surface area contributed by atoms with Crippen LogP contribution in [-0.2, 0) is 4.74 Å². The van der Waals surface area contributed by atoms with Gasteiger partial charge in [0, 0.05) is 24.7 Å². The number of rotatable bonds is 5. The minimum Gasteiger partial charge on any atom is -0.378 e. The van der Waals surface area contributed by atoms with E-state index in [9.17, 15) is 14.9 Å². The highest BCUT2D eigenvalue weighted by Crippen LogP contribution is 2.30. The summed E-state index contributed by atoms with van der Waals surface area (Å²) in [5.41, 5.74) is 3.24. The standard InChI is InChI=1S/C15H18N6O4S/c1-10-16-17-15(26-2)20(10)18-14(22)11-3-4-12(13(9-11)21(23)24)19-5-7-25-8-6-19/h3-4,9H,5-8H2,1-2H3,(H,18,22). The van der Waals surface area contributed by atoms with E-state index in [-0.39, 0.29) is 11.3 Å². The average Bonchev–Trinajstić information content (AvgIpc) is 3.01. The van der Waals surface area contributed by atoms with Crippen molar-refractivity contribution in [2.24, 2.45) is 0 Å². The summed E-state index contributed by atoms with van der Waals surface area (Å²) in [6.07, 6.45) is 1.81. The Balaban J connectivity index is 1.88. The normalized spacial score (nSPS) is 14.3. The number of ether oxygens (including phenoxy) is 1. The molecule has 1 aliphatic rings. The summed E-state index contributed by atoms with van der Waals surface area (Å²) in [6.45, 7) is 3.89. The lowest BCUT2D eigenvalue weighted by atomic mass is 10.1. The number of aryl methyl sites for hydroxylation is 1. The Morgan fingerprint density at radius 1 is 1.35 bits per heavy atom. The van der Waals surface area contributed by atoms with Crippen molar-refractivity contribution in [3.05, 3.63) is 39.7 Å². The quantitative estimate of drug-likeness (QED) is 0.472. The Bertz CT molecular complexity index is 834. The fourth-order valence-corrected chi connectivity index (χ4v) is 3.14. The lowest BCUT2D eigenvalue weighted by Crippen LogP contribution is -2.36. The van der Waals surface area contributed by atoms with Crippen LogP contribution in [0.1, 0.15) is 16.2 Å². The first kappa shape index (κ1) is 18.1. The van der Waals surface area contributed by atoms with Gasteiger partial charge in [0.05, 0.1) is 18.1 Å². The third kappa shape index (κ3) is 3.63. The van der Waals surface area contributed by atoms with Crippen LogP contribution in [-0.4, -0.2) is 58.3 Å². The molecule has 1 aromatic heterocycles. The third-order valence-corrected chi connectivity index (χ3v) is 4.61. The van der Waals surface area contributed by atoms with Gasteiger partial charge in [-0.15, -0.1) is 10.2 Å². The lowest BCUT2D eigenvalue weighted by Gasteiger charge is -2.28. The van der Waals surface area contributed by atoms with Gasteiger partial charge in [0.15, 0.2) is 0 Å². The molecule has 138 valence electrons. The molecule has 0 atom stereocenters. The molecule has 2 aromatic rings. The van der Waals surface area contributed by atoms with Gasteiger partial charge in [0.25, 0.3) is 11.6 Å². The molecular weight excluding hydrogens is 360 g/mol. The Morgan fingerprint density at radius 2 is 2.08 bits per heavy atom. The highest BCUT2D eigenvalue weighted by molar-refractivity contribution is 7.98. The van der Waals surface area contributed by atoms with Crippen LogP contribution in [0.5, 0.6) is 0 Å². The summed E-state index contributed by atoms with van der Waals surface area (Å²) >= 11 is 1.33. The van der Waals surface area contributed by atoms with Crippen molar-refractivity contribution in [1.82, 2.24) is 14.9 Å². The maximum Gasteiger partial charge on any atom is 0.293 e. The first-order valence-electron chi connectivity index (χ1n) is 7.89. The monoisotopic (exact) mass is 378 g/mol. The number of benzene rings is 1. The number of aromatic nitrogens is 3. The molecule has 1 amide bonds. The minimum atomic E-state index is -0.473. The van der Waals surface area contributed by atoms with E-state index in [1.165, 1.54) is 22.5 Å². The van der Waals surface area contributed by atoms with Gasteiger partial charge in [0.2, 0.25) is 5.16 Å². The van der Waals surface area contributed by atoms with E-state index in [4.69, 9.17) is 4.74 Å². The first-order valence-corrected chi connectivity index (χ1v) is 9.12. The molecule has 0 spiro atoms. The number of nitro groups is 1. The second kappa shape index (κ2) is 7.70. The molecule has 0 aliphatic carbocycles. The van der Waals surface area contributed by atoms with Crippen LogP contribution in [0.2, 0.25) is 0 Å². The summed E-state index contributed by atoms with van der Waals surface area (Å²) in [4.78, 5) is 25.5. The first-order chi connectivity index (χ1) is 12.5. The number of nitro benzene ring substituents is 1. The van der Waals surface area contributed by atoms with E-state index in [1.807, 2.05) is 11.2 Å². The fraction of sp³-hybridized carbons (Fsp3) is 0.400. The number of nitrogens with one attached hydrogen (secondary N) is 1. The van der Waals surface area contributed by atoms with Gasteiger partial charge in [-0.2, -0.15) is 0 Å². The predicted octanol–water partition coefficient (Wildman–Crippen LogP) is 1.44. The molecule has 0 saturated carbocycles. The molecule has 1 fully saturated rings. The third-order valence-electron chi connectivity index (χ3n) is 3.98. The lowest BCUT2D eigenvalue weighted by molar-refractivity contribution is -0.384. The van der Waals surface area contributed by atoms with Crippen LogP contribution in [0.3, 0.4) is 0 Å². The smallest absolute Gasteiger partial charge is 0.293 e. The Morgan fingerprint density at radius 3 is 2.73 bits per heavy atom. The fourth-order valence-electron chi connectivity index (χ4n) is 2.65. The van der Waals surface area contributed by atoms with Gasteiger partial charge in [-0.25, -0.2) is 4.68 Å². The van der Waals surface area contributed by atoms with E-state index in [0.717, 1.165) is 0 Å².